The number of ether oxygens (including phenoxy) is 1. The monoisotopic (exact) mass is 469 g/mol. The first-order valence-corrected chi connectivity index (χ1v) is 9.27. The topological polar surface area (TPSA) is 99.2 Å². The Labute approximate surface area is 179 Å². The lowest BCUT2D eigenvalue weighted by molar-refractivity contribution is -0.192. The number of carboxylic acid groups (broad SMARTS) is 1. The molecule has 2 aliphatic heterocycles. The minimum atomic E-state index is -5.08. The second-order valence-electron chi connectivity index (χ2n) is 7.13. The predicted octanol–water partition coefficient (Wildman–Crippen LogP) is 1.38. The van der Waals surface area contributed by atoms with E-state index in [4.69, 9.17) is 26.2 Å². The molecule has 1 unspecified atom stereocenters. The second-order valence-corrected chi connectivity index (χ2v) is 7.54. The van der Waals surface area contributed by atoms with Gasteiger partial charge in [0.05, 0.1) is 24.7 Å². The molecule has 172 valence electrons. The van der Waals surface area contributed by atoms with Gasteiger partial charge < -0.3 is 20.1 Å². The molecular formula is C18H20ClF4N3O5. The summed E-state index contributed by atoms with van der Waals surface area (Å²) in [6.07, 6.45) is -5.08. The average molecular weight is 470 g/mol. The predicted molar refractivity (Wildman–Crippen MR) is 100 cm³/mol. The van der Waals surface area contributed by atoms with E-state index in [1.165, 1.54) is 18.2 Å². The van der Waals surface area contributed by atoms with E-state index >= 15 is 0 Å². The molecular weight excluding hydrogens is 450 g/mol. The summed E-state index contributed by atoms with van der Waals surface area (Å²) in [7, 11) is 3.46. The van der Waals surface area contributed by atoms with Crippen molar-refractivity contribution >= 4 is 29.4 Å². The Morgan fingerprint density at radius 2 is 1.84 bits per heavy atom. The van der Waals surface area contributed by atoms with Gasteiger partial charge in [0.1, 0.15) is 17.5 Å². The summed E-state index contributed by atoms with van der Waals surface area (Å²) < 4.78 is 50.8. The van der Waals surface area contributed by atoms with Gasteiger partial charge in [0, 0.05) is 19.2 Å². The van der Waals surface area contributed by atoms with Crippen molar-refractivity contribution in [1.29, 1.82) is 0 Å². The van der Waals surface area contributed by atoms with Crippen LogP contribution in [0.2, 0.25) is 5.02 Å². The fraction of sp³-hybridized carbons (Fsp3) is 0.500. The summed E-state index contributed by atoms with van der Waals surface area (Å²) in [6, 6.07) is 3.62. The third kappa shape index (κ3) is 5.83. The first-order chi connectivity index (χ1) is 14.3. The van der Waals surface area contributed by atoms with Crippen LogP contribution in [0.5, 0.6) is 0 Å². The molecule has 0 aromatic heterocycles. The zero-order valence-corrected chi connectivity index (χ0v) is 17.3. The van der Waals surface area contributed by atoms with Crippen molar-refractivity contribution in [3.8, 4) is 0 Å². The van der Waals surface area contributed by atoms with Crippen LogP contribution in [0.1, 0.15) is 10.4 Å². The highest BCUT2D eigenvalue weighted by molar-refractivity contribution is 6.31. The average Bonchev–Trinajstić information content (AvgIpc) is 2.66. The highest BCUT2D eigenvalue weighted by Gasteiger charge is 2.51. The number of amides is 2. The van der Waals surface area contributed by atoms with E-state index in [-0.39, 0.29) is 22.9 Å². The van der Waals surface area contributed by atoms with Crippen molar-refractivity contribution in [1.82, 2.24) is 15.1 Å². The summed E-state index contributed by atoms with van der Waals surface area (Å²) in [5.41, 5.74) is -0.0951. The van der Waals surface area contributed by atoms with Crippen molar-refractivity contribution < 1.29 is 41.8 Å². The van der Waals surface area contributed by atoms with Gasteiger partial charge in [-0.15, -0.1) is 0 Å². The molecule has 2 N–H and O–H groups in total. The Bertz CT molecular complexity index is 861. The first kappa shape index (κ1) is 24.8. The van der Waals surface area contributed by atoms with Crippen LogP contribution >= 0.6 is 11.6 Å². The van der Waals surface area contributed by atoms with E-state index in [0.717, 1.165) is 0 Å². The Balaban J connectivity index is 0.000000423. The molecule has 2 heterocycles. The minimum Gasteiger partial charge on any atom is -0.475 e. The van der Waals surface area contributed by atoms with Gasteiger partial charge in [-0.3, -0.25) is 14.5 Å². The lowest BCUT2D eigenvalue weighted by atomic mass is 9.90. The van der Waals surface area contributed by atoms with E-state index in [2.05, 4.69) is 5.32 Å². The number of morpholine rings is 1. The number of aliphatic carboxylic acids is 1. The van der Waals surface area contributed by atoms with Gasteiger partial charge in [-0.05, 0) is 25.2 Å². The number of alkyl halides is 3. The summed E-state index contributed by atoms with van der Waals surface area (Å²) >= 11 is 5.73. The fourth-order valence-corrected chi connectivity index (χ4v) is 3.41. The van der Waals surface area contributed by atoms with Crippen molar-refractivity contribution in [2.45, 2.75) is 17.8 Å². The van der Waals surface area contributed by atoms with Crippen LogP contribution in [0, 0.1) is 5.82 Å². The van der Waals surface area contributed by atoms with Gasteiger partial charge in [0.15, 0.2) is 0 Å². The van der Waals surface area contributed by atoms with Crippen LogP contribution < -0.4 is 5.32 Å². The number of carboxylic acids is 1. The first-order valence-electron chi connectivity index (χ1n) is 8.90. The van der Waals surface area contributed by atoms with Gasteiger partial charge in [-0.25, -0.2) is 9.18 Å². The number of likely N-dealkylation sites (tertiary alicyclic amines) is 1. The van der Waals surface area contributed by atoms with Crippen LogP contribution in [-0.4, -0.2) is 90.8 Å². The summed E-state index contributed by atoms with van der Waals surface area (Å²) in [6.45, 7) is 1.73. The third-order valence-corrected chi connectivity index (χ3v) is 5.11. The minimum absolute atomic E-state index is 0.0712. The quantitative estimate of drug-likeness (QED) is 0.635. The van der Waals surface area contributed by atoms with Crippen molar-refractivity contribution in [2.75, 3.05) is 40.3 Å². The normalized spacial score (nSPS) is 20.4. The van der Waals surface area contributed by atoms with E-state index in [1.54, 1.807) is 11.9 Å². The molecule has 0 saturated carbocycles. The second kappa shape index (κ2) is 9.37. The number of nitrogens with zero attached hydrogens (tertiary/aromatic N) is 2. The van der Waals surface area contributed by atoms with Gasteiger partial charge in [0.25, 0.3) is 5.91 Å². The van der Waals surface area contributed by atoms with Crippen molar-refractivity contribution in [3.05, 3.63) is 34.6 Å². The van der Waals surface area contributed by atoms with E-state index in [9.17, 15) is 27.2 Å². The van der Waals surface area contributed by atoms with Gasteiger partial charge in [0.2, 0.25) is 5.91 Å². The molecule has 3 rings (SSSR count). The number of carbonyl (C=O) groups excluding carboxylic acids is 2. The maximum atomic E-state index is 13.2. The molecule has 2 fully saturated rings. The van der Waals surface area contributed by atoms with E-state index in [0.29, 0.717) is 31.8 Å². The van der Waals surface area contributed by atoms with Crippen molar-refractivity contribution in [3.63, 3.8) is 0 Å². The SMILES string of the molecule is CNC(=O)C1COC2(CN(C(=O)c3ccc(F)c(Cl)c3)C2)CN1C.O=C(O)C(F)(F)F. The number of carbonyl (C=O) groups is 3. The van der Waals surface area contributed by atoms with Gasteiger partial charge in [-0.1, -0.05) is 11.6 Å². The molecule has 0 aliphatic carbocycles. The number of nitrogens with one attached hydrogen (secondary N) is 1. The summed E-state index contributed by atoms with van der Waals surface area (Å²) in [5.74, 6) is -3.60. The lowest BCUT2D eigenvalue weighted by Crippen LogP contribution is -2.73. The highest BCUT2D eigenvalue weighted by Crippen LogP contribution is 2.32. The number of hydrogen-bond acceptors (Lipinski definition) is 5. The number of benzene rings is 1. The zero-order chi connectivity index (χ0) is 23.6. The van der Waals surface area contributed by atoms with E-state index in [1.807, 2.05) is 11.9 Å². The molecule has 8 nitrogen and oxygen atoms in total. The molecule has 0 radical (unpaired) electrons. The number of rotatable bonds is 2. The highest BCUT2D eigenvalue weighted by atomic mass is 35.5. The molecule has 2 amide bonds. The molecule has 31 heavy (non-hydrogen) atoms. The zero-order valence-electron chi connectivity index (χ0n) is 16.5. The van der Waals surface area contributed by atoms with Crippen LogP contribution in [0.25, 0.3) is 0 Å². The van der Waals surface area contributed by atoms with Crippen molar-refractivity contribution in [2.24, 2.45) is 0 Å². The molecule has 0 bridgehead atoms. The fourth-order valence-electron chi connectivity index (χ4n) is 3.23. The Kier molecular flexibility index (Phi) is 7.50. The maximum Gasteiger partial charge on any atom is 0.490 e. The summed E-state index contributed by atoms with van der Waals surface area (Å²) in [4.78, 5) is 36.7. The number of hydrogen-bond donors (Lipinski definition) is 2. The Morgan fingerprint density at radius 1 is 1.26 bits per heavy atom. The molecule has 2 aliphatic rings. The Hall–Kier alpha value is -2.44. The van der Waals surface area contributed by atoms with Crippen LogP contribution in [0.4, 0.5) is 17.6 Å². The lowest BCUT2D eigenvalue weighted by Gasteiger charge is -2.54. The molecule has 1 aromatic carbocycles. The maximum absolute atomic E-state index is 13.2. The molecule has 13 heteroatoms. The smallest absolute Gasteiger partial charge is 0.475 e. The standard InChI is InChI=1S/C16H19ClFN3O3.C2HF3O2/c1-19-14(22)13-6-24-16(7-20(13)2)8-21(9-16)15(23)10-3-4-12(18)11(17)5-10;3-2(4,5)1(6)7/h3-5,13H,6-9H2,1-2H3,(H,19,22);(H,6,7). The van der Waals surface area contributed by atoms with Gasteiger partial charge >= 0.3 is 12.1 Å². The van der Waals surface area contributed by atoms with Gasteiger partial charge in [-0.2, -0.15) is 13.2 Å². The molecule has 1 aromatic rings. The Morgan fingerprint density at radius 3 is 2.29 bits per heavy atom. The van der Waals surface area contributed by atoms with Crippen LogP contribution in [-0.2, 0) is 14.3 Å². The summed E-state index contributed by atoms with van der Waals surface area (Å²) in [5, 5.41) is 9.67. The largest absolute Gasteiger partial charge is 0.490 e. The molecule has 2 saturated heterocycles. The van der Waals surface area contributed by atoms with Crippen LogP contribution in [0.3, 0.4) is 0 Å². The van der Waals surface area contributed by atoms with E-state index < -0.39 is 23.6 Å². The third-order valence-electron chi connectivity index (χ3n) is 4.82. The van der Waals surface area contributed by atoms with Crippen LogP contribution in [0.15, 0.2) is 18.2 Å². The molecule has 1 atom stereocenters. The number of likely N-dealkylation sites (N-methyl/N-ethyl adjacent to an activating group) is 2. The molecule has 1 spiro atoms. The number of halogens is 5.